The predicted molar refractivity (Wildman–Crippen MR) is 122 cm³/mol. The van der Waals surface area contributed by atoms with Crippen LogP contribution in [0.1, 0.15) is 30.4 Å². The summed E-state index contributed by atoms with van der Waals surface area (Å²) in [7, 11) is 0. The smallest absolute Gasteiger partial charge is 0.372 e. The summed E-state index contributed by atoms with van der Waals surface area (Å²) in [5, 5.41) is 4.67. The monoisotopic (exact) mass is 471 g/mol. The highest BCUT2D eigenvalue weighted by Gasteiger charge is 2.34. The van der Waals surface area contributed by atoms with Gasteiger partial charge in [-0.2, -0.15) is 18.3 Å². The Balaban J connectivity index is 1.67. The molecule has 2 heterocycles. The van der Waals surface area contributed by atoms with Crippen LogP contribution in [0.4, 0.5) is 27.6 Å². The van der Waals surface area contributed by atoms with Crippen LogP contribution >= 0.6 is 0 Å². The molecule has 1 fully saturated rings. The van der Waals surface area contributed by atoms with Gasteiger partial charge < -0.3 is 4.90 Å². The normalized spacial score (nSPS) is 14.7. The lowest BCUT2D eigenvalue weighted by molar-refractivity contribution is -0.136. The van der Waals surface area contributed by atoms with Crippen molar-refractivity contribution in [1.29, 1.82) is 0 Å². The molecule has 1 saturated heterocycles. The van der Waals surface area contributed by atoms with Gasteiger partial charge in [-0.05, 0) is 55.2 Å². The molecule has 0 bridgehead atoms. The third kappa shape index (κ3) is 4.24. The number of anilines is 1. The number of hydrogen-bond acceptors (Lipinski definition) is 2. The lowest BCUT2D eigenvalue weighted by Gasteiger charge is -2.29. The molecule has 5 rings (SSSR count). The van der Waals surface area contributed by atoms with E-state index in [4.69, 9.17) is 0 Å². The lowest BCUT2D eigenvalue weighted by Crippen LogP contribution is -2.29. The van der Waals surface area contributed by atoms with Crippen molar-refractivity contribution in [2.24, 2.45) is 0 Å². The first-order chi connectivity index (χ1) is 16.3. The molecule has 0 spiro atoms. The van der Waals surface area contributed by atoms with Crippen LogP contribution < -0.4 is 4.90 Å². The van der Waals surface area contributed by atoms with E-state index in [1.165, 1.54) is 23.2 Å². The van der Waals surface area contributed by atoms with Crippen LogP contribution in [0.25, 0.3) is 22.2 Å². The first-order valence-corrected chi connectivity index (χ1v) is 11.2. The molecule has 1 aliphatic rings. The van der Waals surface area contributed by atoms with Gasteiger partial charge in [-0.3, -0.25) is 4.68 Å². The van der Waals surface area contributed by atoms with Crippen molar-refractivity contribution < 1.29 is 22.0 Å². The van der Waals surface area contributed by atoms with Crippen LogP contribution in [-0.2, 0) is 12.7 Å². The van der Waals surface area contributed by atoms with Crippen molar-refractivity contribution in [3.05, 3.63) is 83.4 Å². The summed E-state index contributed by atoms with van der Waals surface area (Å²) in [6.07, 6.45) is -1.21. The Morgan fingerprint density at radius 2 is 1.59 bits per heavy atom. The van der Waals surface area contributed by atoms with E-state index in [2.05, 4.69) is 10.00 Å². The first-order valence-electron chi connectivity index (χ1n) is 11.2. The minimum absolute atomic E-state index is 0.00749. The molecule has 0 aliphatic carbocycles. The van der Waals surface area contributed by atoms with Gasteiger partial charge in [0.1, 0.15) is 5.52 Å². The van der Waals surface area contributed by atoms with Crippen LogP contribution in [0, 0.1) is 11.6 Å². The summed E-state index contributed by atoms with van der Waals surface area (Å²) < 4.78 is 69.9. The van der Waals surface area contributed by atoms with E-state index < -0.39 is 23.4 Å². The van der Waals surface area contributed by atoms with E-state index in [0.717, 1.165) is 49.8 Å². The zero-order valence-electron chi connectivity index (χ0n) is 18.2. The first kappa shape index (κ1) is 22.4. The number of aromatic nitrogens is 2. The predicted octanol–water partition coefficient (Wildman–Crippen LogP) is 7.04. The Morgan fingerprint density at radius 3 is 2.32 bits per heavy atom. The van der Waals surface area contributed by atoms with Gasteiger partial charge in [0.2, 0.25) is 0 Å². The van der Waals surface area contributed by atoms with Crippen molar-refractivity contribution >= 4 is 16.6 Å². The zero-order chi connectivity index (χ0) is 23.9. The van der Waals surface area contributed by atoms with Crippen molar-refractivity contribution in [2.75, 3.05) is 18.0 Å². The SMILES string of the molecule is Fc1ccc(Cn2nc3c(C(F)(F)F)cccc3c2-c2cccc(N3CCCCC3)c2)cc1F. The molecule has 0 saturated carbocycles. The summed E-state index contributed by atoms with van der Waals surface area (Å²) in [4.78, 5) is 2.27. The minimum atomic E-state index is -4.58. The molecule has 0 unspecified atom stereocenters. The third-order valence-corrected chi connectivity index (χ3v) is 6.23. The van der Waals surface area contributed by atoms with Crippen LogP contribution in [0.3, 0.4) is 0 Å². The van der Waals surface area contributed by atoms with E-state index in [0.29, 0.717) is 22.2 Å². The highest BCUT2D eigenvalue weighted by Crippen LogP contribution is 2.39. The molecular formula is C26H22F5N3. The molecular weight excluding hydrogens is 449 g/mol. The molecule has 3 aromatic carbocycles. The summed E-state index contributed by atoms with van der Waals surface area (Å²) in [5.41, 5.74) is 1.61. The average Bonchev–Trinajstić information content (AvgIpc) is 3.19. The fraction of sp³-hybridized carbons (Fsp3) is 0.269. The number of benzene rings is 3. The Labute approximate surface area is 193 Å². The second kappa shape index (κ2) is 8.74. The average molecular weight is 471 g/mol. The maximum Gasteiger partial charge on any atom is 0.418 e. The van der Waals surface area contributed by atoms with Crippen molar-refractivity contribution in [1.82, 2.24) is 9.78 Å². The van der Waals surface area contributed by atoms with Gasteiger partial charge in [0.05, 0.1) is 17.8 Å². The van der Waals surface area contributed by atoms with Gasteiger partial charge in [-0.15, -0.1) is 0 Å². The van der Waals surface area contributed by atoms with Crippen molar-refractivity contribution in [3.8, 4) is 11.3 Å². The van der Waals surface area contributed by atoms with Gasteiger partial charge in [0, 0.05) is 29.7 Å². The van der Waals surface area contributed by atoms with Gasteiger partial charge in [0.25, 0.3) is 0 Å². The number of halogens is 5. The van der Waals surface area contributed by atoms with E-state index in [1.54, 1.807) is 6.07 Å². The molecule has 0 radical (unpaired) electrons. The minimum Gasteiger partial charge on any atom is -0.372 e. The largest absolute Gasteiger partial charge is 0.418 e. The number of rotatable bonds is 4. The number of hydrogen-bond donors (Lipinski definition) is 0. The maximum atomic E-state index is 13.8. The lowest BCUT2D eigenvalue weighted by atomic mass is 10.0. The van der Waals surface area contributed by atoms with Crippen LogP contribution in [0.5, 0.6) is 0 Å². The summed E-state index contributed by atoms with van der Waals surface area (Å²) in [5.74, 6) is -2.00. The van der Waals surface area contributed by atoms with Crippen LogP contribution in [0.15, 0.2) is 60.7 Å². The van der Waals surface area contributed by atoms with Crippen molar-refractivity contribution in [3.63, 3.8) is 0 Å². The Morgan fingerprint density at radius 1 is 0.824 bits per heavy atom. The molecule has 8 heteroatoms. The van der Waals surface area contributed by atoms with Gasteiger partial charge in [-0.1, -0.05) is 30.3 Å². The van der Waals surface area contributed by atoms with E-state index in [-0.39, 0.29) is 12.1 Å². The van der Waals surface area contributed by atoms with Crippen LogP contribution in [-0.4, -0.2) is 22.9 Å². The molecule has 0 N–H and O–H groups in total. The zero-order valence-corrected chi connectivity index (χ0v) is 18.2. The molecule has 0 amide bonds. The van der Waals surface area contributed by atoms with Crippen molar-refractivity contribution in [2.45, 2.75) is 32.0 Å². The van der Waals surface area contributed by atoms with E-state index in [1.807, 2.05) is 24.3 Å². The third-order valence-electron chi connectivity index (χ3n) is 6.23. The highest BCUT2D eigenvalue weighted by molar-refractivity contribution is 5.95. The second-order valence-corrected chi connectivity index (χ2v) is 8.55. The molecule has 176 valence electrons. The van der Waals surface area contributed by atoms with Gasteiger partial charge in [0.15, 0.2) is 11.6 Å². The molecule has 4 aromatic rings. The Hall–Kier alpha value is -3.42. The maximum absolute atomic E-state index is 13.8. The second-order valence-electron chi connectivity index (χ2n) is 8.55. The molecule has 1 aliphatic heterocycles. The Kier molecular flexibility index (Phi) is 5.75. The number of piperidine rings is 1. The molecule has 3 nitrogen and oxygen atoms in total. The number of nitrogens with zero attached hydrogens (tertiary/aromatic N) is 3. The summed E-state index contributed by atoms with van der Waals surface area (Å²) in [6, 6.07) is 15.1. The number of alkyl halides is 3. The standard InChI is InChI=1S/C26H22F5N3/c27-22-11-10-17(14-23(22)28)16-34-25(20-8-5-9-21(24(20)32-34)26(29,30)31)18-6-4-7-19(15-18)33-12-2-1-3-13-33/h4-11,14-15H,1-3,12-13,16H2. The number of fused-ring (bicyclic) bond motifs is 1. The topological polar surface area (TPSA) is 21.1 Å². The highest BCUT2D eigenvalue weighted by atomic mass is 19.4. The molecule has 1 aromatic heterocycles. The van der Waals surface area contributed by atoms with Crippen LogP contribution in [0.2, 0.25) is 0 Å². The van der Waals surface area contributed by atoms with E-state index in [9.17, 15) is 22.0 Å². The summed E-state index contributed by atoms with van der Waals surface area (Å²) in [6.45, 7) is 1.85. The molecule has 0 atom stereocenters. The van der Waals surface area contributed by atoms with E-state index >= 15 is 0 Å². The van der Waals surface area contributed by atoms with Gasteiger partial charge in [-0.25, -0.2) is 8.78 Å². The molecule has 34 heavy (non-hydrogen) atoms. The van der Waals surface area contributed by atoms with Gasteiger partial charge >= 0.3 is 6.18 Å². The quantitative estimate of drug-likeness (QED) is 0.298. The summed E-state index contributed by atoms with van der Waals surface area (Å²) >= 11 is 0. The Bertz CT molecular complexity index is 1340. The fourth-order valence-electron chi connectivity index (χ4n) is 4.61. The fourth-order valence-corrected chi connectivity index (χ4v) is 4.61.